The van der Waals surface area contributed by atoms with Crippen LogP contribution in [0.5, 0.6) is 0 Å². The molecule has 3 aromatic rings. The number of anilines is 1. The average molecular weight is 490 g/mol. The zero-order valence-corrected chi connectivity index (χ0v) is 19.1. The highest BCUT2D eigenvalue weighted by Crippen LogP contribution is 2.29. The second-order valence-corrected chi connectivity index (χ2v) is 8.27. The Kier molecular flexibility index (Phi) is 8.05. The Morgan fingerprint density at radius 1 is 1.09 bits per heavy atom. The smallest absolute Gasteiger partial charge is 0.419 e. The highest BCUT2D eigenvalue weighted by molar-refractivity contribution is 5.94. The first-order valence-corrected chi connectivity index (χ1v) is 10.8. The maximum Gasteiger partial charge on any atom is 0.419 e. The summed E-state index contributed by atoms with van der Waals surface area (Å²) in [6, 6.07) is 6.36. The van der Waals surface area contributed by atoms with E-state index in [1.807, 2.05) is 0 Å². The van der Waals surface area contributed by atoms with E-state index in [0.717, 1.165) is 17.1 Å². The predicted octanol–water partition coefficient (Wildman–Crippen LogP) is 4.08. The fourth-order valence-electron chi connectivity index (χ4n) is 3.26. The first-order valence-electron chi connectivity index (χ1n) is 10.8. The van der Waals surface area contributed by atoms with Gasteiger partial charge in [-0.25, -0.2) is 9.67 Å². The molecule has 3 aromatic heterocycles. The molecular formula is C23H25F3N6O3. The van der Waals surface area contributed by atoms with Crippen molar-refractivity contribution in [2.24, 2.45) is 5.92 Å². The summed E-state index contributed by atoms with van der Waals surface area (Å²) in [4.78, 5) is 31.3. The van der Waals surface area contributed by atoms with Crippen molar-refractivity contribution in [3.63, 3.8) is 0 Å². The number of pyridine rings is 2. The van der Waals surface area contributed by atoms with Gasteiger partial charge in [-0.1, -0.05) is 13.8 Å². The highest BCUT2D eigenvalue weighted by atomic mass is 19.4. The first kappa shape index (κ1) is 25.7. The Bertz CT molecular complexity index is 1140. The second-order valence-electron chi connectivity index (χ2n) is 8.27. The number of rotatable bonds is 10. The molecule has 3 N–H and O–H groups in total. The van der Waals surface area contributed by atoms with Crippen molar-refractivity contribution in [2.45, 2.75) is 38.9 Å². The fourth-order valence-corrected chi connectivity index (χ4v) is 3.26. The van der Waals surface area contributed by atoms with Crippen LogP contribution in [-0.4, -0.2) is 43.3 Å². The molecule has 0 bridgehead atoms. The third-order valence-corrected chi connectivity index (χ3v) is 4.97. The van der Waals surface area contributed by atoms with Crippen molar-refractivity contribution in [1.82, 2.24) is 25.1 Å². The van der Waals surface area contributed by atoms with Gasteiger partial charge < -0.3 is 15.7 Å². The molecule has 0 saturated carbocycles. The summed E-state index contributed by atoms with van der Waals surface area (Å²) >= 11 is 0. The van der Waals surface area contributed by atoms with Crippen molar-refractivity contribution < 1.29 is 27.9 Å². The van der Waals surface area contributed by atoms with Crippen LogP contribution in [0.15, 0.2) is 49.1 Å². The second kappa shape index (κ2) is 11.0. The molecule has 0 aliphatic rings. The topological polar surface area (TPSA) is 122 Å². The van der Waals surface area contributed by atoms with Crippen molar-refractivity contribution in [3.05, 3.63) is 65.9 Å². The number of carboxylic acid groups (broad SMARTS) is 1. The zero-order chi connectivity index (χ0) is 25.6. The van der Waals surface area contributed by atoms with E-state index in [0.29, 0.717) is 29.3 Å². The quantitative estimate of drug-likeness (QED) is 0.391. The number of hydrogen-bond donors (Lipinski definition) is 3. The van der Waals surface area contributed by atoms with Gasteiger partial charge in [0.15, 0.2) is 5.82 Å². The molecule has 12 heteroatoms. The van der Waals surface area contributed by atoms with Gasteiger partial charge in [0.2, 0.25) is 0 Å². The Morgan fingerprint density at radius 2 is 1.86 bits per heavy atom. The molecule has 9 nitrogen and oxygen atoms in total. The molecule has 0 aromatic carbocycles. The van der Waals surface area contributed by atoms with Crippen molar-refractivity contribution in [2.75, 3.05) is 11.9 Å². The van der Waals surface area contributed by atoms with Crippen LogP contribution in [0, 0.1) is 5.92 Å². The molecule has 186 valence electrons. The summed E-state index contributed by atoms with van der Waals surface area (Å²) in [6.07, 6.45) is 0.612. The molecular weight excluding hydrogens is 465 g/mol. The molecule has 0 radical (unpaired) electrons. The summed E-state index contributed by atoms with van der Waals surface area (Å²) in [6.45, 7) is 4.12. The summed E-state index contributed by atoms with van der Waals surface area (Å²) in [5.74, 6) is -0.862. The fraction of sp³-hybridized carbons (Fsp3) is 0.348. The number of halogens is 3. The summed E-state index contributed by atoms with van der Waals surface area (Å²) in [7, 11) is 0. The van der Waals surface area contributed by atoms with Crippen LogP contribution in [-0.2, 0) is 11.0 Å². The van der Waals surface area contributed by atoms with E-state index >= 15 is 0 Å². The number of nitrogens with one attached hydrogen (secondary N) is 2. The van der Waals surface area contributed by atoms with E-state index in [4.69, 9.17) is 5.11 Å². The van der Waals surface area contributed by atoms with E-state index < -0.39 is 23.6 Å². The van der Waals surface area contributed by atoms with Crippen LogP contribution >= 0.6 is 0 Å². The number of amides is 1. The van der Waals surface area contributed by atoms with Crippen molar-refractivity contribution in [3.8, 4) is 5.82 Å². The lowest BCUT2D eigenvalue weighted by atomic mass is 10.00. The normalized spacial score (nSPS) is 12.4. The molecule has 35 heavy (non-hydrogen) atoms. The summed E-state index contributed by atoms with van der Waals surface area (Å²) in [5, 5.41) is 18.2. The molecule has 0 aliphatic heterocycles. The standard InChI is InChI=1S/C23H25F3N6O3/c1-14(2)9-19(18-5-3-15(10-28-18)22(35)27-8-7-21(33)34)31-17-4-6-20(29-12-17)32-13-16(11-30-32)23(24,25)26/h3-6,10-14,19,31H,7-9H2,1-2H3,(H,27,35)(H,33,34)/t19-/m0/s1. The lowest BCUT2D eigenvalue weighted by molar-refractivity contribution is -0.138. The van der Waals surface area contributed by atoms with Gasteiger partial charge in [0, 0.05) is 18.9 Å². The van der Waals surface area contributed by atoms with Crippen LogP contribution in [0.2, 0.25) is 0 Å². The lowest BCUT2D eigenvalue weighted by Gasteiger charge is -2.21. The molecule has 0 aliphatic carbocycles. The number of hydrogen-bond acceptors (Lipinski definition) is 6. The van der Waals surface area contributed by atoms with Crippen molar-refractivity contribution in [1.29, 1.82) is 0 Å². The number of carboxylic acids is 1. The van der Waals surface area contributed by atoms with E-state index in [1.165, 1.54) is 12.4 Å². The van der Waals surface area contributed by atoms with Gasteiger partial charge in [0.25, 0.3) is 5.91 Å². The SMILES string of the molecule is CC(C)C[C@H](Nc1ccc(-n2cc(C(F)(F)F)cn2)nc1)c1ccc(C(=O)NCCC(=O)O)cn1. The minimum atomic E-state index is -4.48. The minimum Gasteiger partial charge on any atom is -0.481 e. The average Bonchev–Trinajstić information content (AvgIpc) is 3.30. The van der Waals surface area contributed by atoms with Crippen LogP contribution in [0.25, 0.3) is 5.82 Å². The number of carbonyl (C=O) groups excluding carboxylic acids is 1. The Balaban J connectivity index is 1.70. The third kappa shape index (κ3) is 7.26. The van der Waals surface area contributed by atoms with Crippen LogP contribution in [0.3, 0.4) is 0 Å². The van der Waals surface area contributed by atoms with Crippen LogP contribution < -0.4 is 10.6 Å². The van der Waals surface area contributed by atoms with Gasteiger partial charge in [0.05, 0.1) is 47.4 Å². The molecule has 0 saturated heterocycles. The molecule has 1 atom stereocenters. The van der Waals surface area contributed by atoms with Gasteiger partial charge in [-0.2, -0.15) is 18.3 Å². The highest BCUT2D eigenvalue weighted by Gasteiger charge is 2.32. The van der Waals surface area contributed by atoms with Gasteiger partial charge >= 0.3 is 12.1 Å². The van der Waals surface area contributed by atoms with E-state index in [9.17, 15) is 22.8 Å². The van der Waals surface area contributed by atoms with E-state index in [1.54, 1.807) is 24.3 Å². The zero-order valence-electron chi connectivity index (χ0n) is 19.1. The number of nitrogens with zero attached hydrogens (tertiary/aromatic N) is 4. The summed E-state index contributed by atoms with van der Waals surface area (Å²) < 4.78 is 39.5. The van der Waals surface area contributed by atoms with Gasteiger partial charge in [0.1, 0.15) is 0 Å². The summed E-state index contributed by atoms with van der Waals surface area (Å²) in [5.41, 5.74) is 0.779. The molecule has 1 amide bonds. The van der Waals surface area contributed by atoms with E-state index in [2.05, 4.69) is 39.5 Å². The number of carbonyl (C=O) groups is 2. The molecule has 0 unspecified atom stereocenters. The molecule has 0 spiro atoms. The lowest BCUT2D eigenvalue weighted by Crippen LogP contribution is -2.26. The van der Waals surface area contributed by atoms with Crippen molar-refractivity contribution >= 4 is 17.6 Å². The first-order chi connectivity index (χ1) is 16.5. The van der Waals surface area contributed by atoms with Crippen LogP contribution in [0.4, 0.5) is 18.9 Å². The van der Waals surface area contributed by atoms with Gasteiger partial charge in [-0.05, 0) is 36.6 Å². The largest absolute Gasteiger partial charge is 0.481 e. The Morgan fingerprint density at radius 3 is 2.40 bits per heavy atom. The monoisotopic (exact) mass is 490 g/mol. The maximum atomic E-state index is 12.8. The van der Waals surface area contributed by atoms with E-state index in [-0.39, 0.29) is 24.8 Å². The Hall–Kier alpha value is -3.96. The predicted molar refractivity (Wildman–Crippen MR) is 121 cm³/mol. The number of aromatic nitrogens is 4. The Labute approximate surface area is 199 Å². The number of aliphatic carboxylic acids is 1. The van der Waals surface area contributed by atoms with Crippen LogP contribution in [0.1, 0.15) is 54.3 Å². The van der Waals surface area contributed by atoms with Gasteiger partial charge in [-0.15, -0.1) is 0 Å². The minimum absolute atomic E-state index is 0.0203. The molecule has 3 rings (SSSR count). The number of alkyl halides is 3. The molecule has 0 fully saturated rings. The maximum absolute atomic E-state index is 12.8. The van der Waals surface area contributed by atoms with Gasteiger partial charge in [-0.3, -0.25) is 14.6 Å². The molecule has 3 heterocycles. The third-order valence-electron chi connectivity index (χ3n) is 4.97.